The van der Waals surface area contributed by atoms with Crippen molar-refractivity contribution in [1.29, 1.82) is 0 Å². The van der Waals surface area contributed by atoms with Crippen LogP contribution in [0.2, 0.25) is 0 Å². The number of nitrogens with two attached hydrogens (primary N) is 1. The molecule has 0 fully saturated rings. The van der Waals surface area contributed by atoms with Crippen molar-refractivity contribution in [2.45, 2.75) is 0 Å². The fourth-order valence-electron chi connectivity index (χ4n) is 1.10. The molecule has 0 amide bonds. The van der Waals surface area contributed by atoms with E-state index in [9.17, 15) is 10.1 Å². The van der Waals surface area contributed by atoms with E-state index < -0.39 is 4.92 Å². The number of hydrogen-bond acceptors (Lipinski definition) is 4. The van der Waals surface area contributed by atoms with Crippen LogP contribution in [-0.2, 0) is 0 Å². The molecular formula is C9H10N2O3. The second-order valence-corrected chi connectivity index (χ2v) is 2.61. The fourth-order valence-corrected chi connectivity index (χ4v) is 1.10. The van der Waals surface area contributed by atoms with Gasteiger partial charge < -0.3 is 10.5 Å². The fraction of sp³-hybridized carbons (Fsp3) is 0.111. The van der Waals surface area contributed by atoms with Crippen molar-refractivity contribution in [3.63, 3.8) is 0 Å². The third-order valence-electron chi connectivity index (χ3n) is 1.80. The smallest absolute Gasteiger partial charge is 0.278 e. The maximum Gasteiger partial charge on any atom is 0.278 e. The van der Waals surface area contributed by atoms with Gasteiger partial charge in [-0.2, -0.15) is 0 Å². The molecule has 0 bridgehead atoms. The van der Waals surface area contributed by atoms with E-state index in [4.69, 9.17) is 10.5 Å². The molecule has 1 rings (SSSR count). The maximum absolute atomic E-state index is 10.6. The average Bonchev–Trinajstić information content (AvgIpc) is 2.17. The Hall–Kier alpha value is -2.04. The number of anilines is 1. The summed E-state index contributed by atoms with van der Waals surface area (Å²) in [6.45, 7) is 3.48. The van der Waals surface area contributed by atoms with Crippen LogP contribution in [0.1, 0.15) is 5.56 Å². The molecule has 0 heterocycles. The summed E-state index contributed by atoms with van der Waals surface area (Å²) in [6, 6.07) is 2.75. The van der Waals surface area contributed by atoms with E-state index in [0.717, 1.165) is 0 Å². The van der Waals surface area contributed by atoms with Crippen molar-refractivity contribution < 1.29 is 9.66 Å². The molecule has 5 nitrogen and oxygen atoms in total. The van der Waals surface area contributed by atoms with Crippen LogP contribution in [0, 0.1) is 10.1 Å². The molecule has 0 aliphatic rings. The molecule has 0 saturated carbocycles. The highest BCUT2D eigenvalue weighted by Gasteiger charge is 2.14. The van der Waals surface area contributed by atoms with Crippen molar-refractivity contribution in [2.75, 3.05) is 12.8 Å². The SMILES string of the molecule is C=Cc1cc(OC)c(N)cc1[N+](=O)[O-]. The van der Waals surface area contributed by atoms with Crippen molar-refractivity contribution >= 4 is 17.5 Å². The van der Waals surface area contributed by atoms with E-state index >= 15 is 0 Å². The number of hydrogen-bond donors (Lipinski definition) is 1. The zero-order valence-corrected chi connectivity index (χ0v) is 7.69. The quantitative estimate of drug-likeness (QED) is 0.452. The Kier molecular flexibility index (Phi) is 2.71. The van der Waals surface area contributed by atoms with Crippen molar-refractivity contribution in [2.24, 2.45) is 0 Å². The van der Waals surface area contributed by atoms with Gasteiger partial charge in [-0.05, 0) is 6.07 Å². The van der Waals surface area contributed by atoms with Crippen molar-refractivity contribution in [1.82, 2.24) is 0 Å². The number of benzene rings is 1. The molecule has 0 atom stereocenters. The number of nitrogens with zero attached hydrogens (tertiary/aromatic N) is 1. The van der Waals surface area contributed by atoms with E-state index in [2.05, 4.69) is 6.58 Å². The molecule has 5 heteroatoms. The van der Waals surface area contributed by atoms with Gasteiger partial charge in [-0.15, -0.1) is 0 Å². The van der Waals surface area contributed by atoms with Crippen LogP contribution in [0.3, 0.4) is 0 Å². The van der Waals surface area contributed by atoms with Gasteiger partial charge in [-0.1, -0.05) is 12.7 Å². The topological polar surface area (TPSA) is 78.4 Å². The molecule has 0 aliphatic carbocycles. The number of nitro groups is 1. The van der Waals surface area contributed by atoms with Crippen LogP contribution >= 0.6 is 0 Å². The zero-order chi connectivity index (χ0) is 10.7. The summed E-state index contributed by atoms with van der Waals surface area (Å²) in [5.74, 6) is 0.408. The molecular weight excluding hydrogens is 184 g/mol. The van der Waals surface area contributed by atoms with Gasteiger partial charge in [-0.25, -0.2) is 0 Å². The van der Waals surface area contributed by atoms with Gasteiger partial charge in [0.05, 0.1) is 23.3 Å². The normalized spacial score (nSPS) is 9.50. The van der Waals surface area contributed by atoms with Gasteiger partial charge in [-0.3, -0.25) is 10.1 Å². The summed E-state index contributed by atoms with van der Waals surface area (Å²) >= 11 is 0. The summed E-state index contributed by atoms with van der Waals surface area (Å²) in [7, 11) is 1.45. The summed E-state index contributed by atoms with van der Waals surface area (Å²) in [5.41, 5.74) is 6.09. The molecule has 0 unspecified atom stereocenters. The van der Waals surface area contributed by atoms with Gasteiger partial charge in [0.2, 0.25) is 0 Å². The van der Waals surface area contributed by atoms with Gasteiger partial charge in [0.1, 0.15) is 5.75 Å². The van der Waals surface area contributed by atoms with Crippen molar-refractivity contribution in [3.8, 4) is 5.75 Å². The van der Waals surface area contributed by atoms with Crippen molar-refractivity contribution in [3.05, 3.63) is 34.4 Å². The first-order valence-electron chi connectivity index (χ1n) is 3.84. The Balaban J connectivity index is 3.38. The van der Waals surface area contributed by atoms with E-state index in [1.54, 1.807) is 0 Å². The van der Waals surface area contributed by atoms with Crippen LogP contribution < -0.4 is 10.5 Å². The molecule has 14 heavy (non-hydrogen) atoms. The molecule has 74 valence electrons. The molecule has 1 aromatic rings. The van der Waals surface area contributed by atoms with Crippen LogP contribution in [0.25, 0.3) is 6.08 Å². The second-order valence-electron chi connectivity index (χ2n) is 2.61. The number of methoxy groups -OCH3 is 1. The zero-order valence-electron chi connectivity index (χ0n) is 7.69. The van der Waals surface area contributed by atoms with Gasteiger partial charge in [0.25, 0.3) is 5.69 Å². The van der Waals surface area contributed by atoms with E-state index in [1.165, 1.54) is 25.3 Å². The van der Waals surface area contributed by atoms with Gasteiger partial charge in [0.15, 0.2) is 0 Å². The lowest BCUT2D eigenvalue weighted by atomic mass is 10.1. The number of nitrogen functional groups attached to an aromatic ring is 1. The Morgan fingerprint density at radius 3 is 2.71 bits per heavy atom. The third kappa shape index (κ3) is 1.66. The summed E-state index contributed by atoms with van der Waals surface area (Å²) < 4.78 is 4.93. The first-order valence-corrected chi connectivity index (χ1v) is 3.84. The van der Waals surface area contributed by atoms with Crippen LogP contribution in [0.4, 0.5) is 11.4 Å². The largest absolute Gasteiger partial charge is 0.495 e. The van der Waals surface area contributed by atoms with Gasteiger partial charge in [0, 0.05) is 6.07 Å². The molecule has 1 aromatic carbocycles. The standard InChI is InChI=1S/C9H10N2O3/c1-3-6-4-9(14-2)7(10)5-8(6)11(12)13/h3-5H,1,10H2,2H3. The van der Waals surface area contributed by atoms with E-state index in [-0.39, 0.29) is 11.4 Å². The van der Waals surface area contributed by atoms with E-state index in [0.29, 0.717) is 11.3 Å². The van der Waals surface area contributed by atoms with Crippen LogP contribution in [0.5, 0.6) is 5.75 Å². The first-order chi connectivity index (χ1) is 6.60. The average molecular weight is 194 g/mol. The van der Waals surface area contributed by atoms with E-state index in [1.807, 2.05) is 0 Å². The second kappa shape index (κ2) is 3.78. The molecule has 0 aromatic heterocycles. The van der Waals surface area contributed by atoms with Gasteiger partial charge >= 0.3 is 0 Å². The lowest BCUT2D eigenvalue weighted by molar-refractivity contribution is -0.385. The Bertz CT molecular complexity index is 388. The highest BCUT2D eigenvalue weighted by atomic mass is 16.6. The number of nitro benzene ring substituents is 1. The minimum atomic E-state index is -0.507. The highest BCUT2D eigenvalue weighted by molar-refractivity contribution is 5.69. The summed E-state index contributed by atoms with van der Waals surface area (Å²) in [5, 5.41) is 10.6. The minimum Gasteiger partial charge on any atom is -0.495 e. The predicted octanol–water partition coefficient (Wildman–Crippen LogP) is 1.83. The Morgan fingerprint density at radius 1 is 1.64 bits per heavy atom. The number of rotatable bonds is 3. The Morgan fingerprint density at radius 2 is 2.29 bits per heavy atom. The monoisotopic (exact) mass is 194 g/mol. The molecule has 0 aliphatic heterocycles. The van der Waals surface area contributed by atoms with Crippen LogP contribution in [0.15, 0.2) is 18.7 Å². The predicted molar refractivity (Wildman–Crippen MR) is 54.2 cm³/mol. The maximum atomic E-state index is 10.6. The molecule has 0 radical (unpaired) electrons. The number of ether oxygens (including phenoxy) is 1. The summed E-state index contributed by atoms with van der Waals surface area (Å²) in [4.78, 5) is 10.1. The van der Waals surface area contributed by atoms with Crippen LogP contribution in [-0.4, -0.2) is 12.0 Å². The Labute approximate surface area is 80.9 Å². The molecule has 0 saturated heterocycles. The minimum absolute atomic E-state index is 0.0710. The molecule has 2 N–H and O–H groups in total. The summed E-state index contributed by atoms with van der Waals surface area (Å²) in [6.07, 6.45) is 1.39. The molecule has 0 spiro atoms. The lowest BCUT2D eigenvalue weighted by Gasteiger charge is -2.05. The third-order valence-corrected chi connectivity index (χ3v) is 1.80. The highest BCUT2D eigenvalue weighted by Crippen LogP contribution is 2.30. The lowest BCUT2D eigenvalue weighted by Crippen LogP contribution is -1.97. The first kappa shape index (κ1) is 10.0.